The summed E-state index contributed by atoms with van der Waals surface area (Å²) in [6, 6.07) is 0. The van der Waals surface area contributed by atoms with E-state index in [0.717, 1.165) is 0 Å². The van der Waals surface area contributed by atoms with Crippen molar-refractivity contribution in [1.29, 1.82) is 0 Å². The molecule has 6 heterocycles. The predicted octanol–water partition coefficient (Wildman–Crippen LogP) is -2.96. The number of allylic oxidation sites excluding steroid dienone is 1. The molecule has 11 fully saturated rings. The normalized spacial score (nSPS) is 54.6. The van der Waals surface area contributed by atoms with Crippen LogP contribution < -0.4 is 0 Å². The molecule has 35 atom stereocenters. The molecule has 11 aliphatic rings. The molecular formula is C64H102O30. The number of carboxylic acids is 1. The monoisotopic (exact) mass is 1350 g/mol. The number of ether oxygens (including phenoxy) is 12. The molecule has 0 aromatic rings. The van der Waals surface area contributed by atoms with Gasteiger partial charge in [-0.05, 0) is 112 Å². The van der Waals surface area contributed by atoms with Gasteiger partial charge in [0.05, 0.1) is 55.8 Å². The lowest BCUT2D eigenvalue weighted by Crippen LogP contribution is -2.75. The summed E-state index contributed by atoms with van der Waals surface area (Å²) in [7, 11) is 0. The second-order valence-electron chi connectivity index (χ2n) is 31.1. The van der Waals surface area contributed by atoms with Crippen LogP contribution in [0.5, 0.6) is 0 Å². The number of aliphatic carboxylic acids is 1. The fourth-order valence-electron chi connectivity index (χ4n) is 19.9. The Balaban J connectivity index is 0.909. The van der Waals surface area contributed by atoms with Crippen molar-refractivity contribution in [3.8, 4) is 0 Å². The van der Waals surface area contributed by atoms with Gasteiger partial charge in [-0.1, -0.05) is 54.5 Å². The van der Waals surface area contributed by atoms with E-state index >= 15 is 0 Å². The topological polar surface area (TPSA) is 469 Å². The van der Waals surface area contributed by atoms with Crippen molar-refractivity contribution >= 4 is 11.9 Å². The number of hydrogen-bond acceptors (Lipinski definition) is 29. The van der Waals surface area contributed by atoms with Gasteiger partial charge in [0.1, 0.15) is 103 Å². The molecule has 0 aromatic carbocycles. The average molecular weight is 1350 g/mol. The van der Waals surface area contributed by atoms with Gasteiger partial charge in [0.15, 0.2) is 43.8 Å². The highest BCUT2D eigenvalue weighted by Gasteiger charge is 2.84. The zero-order valence-corrected chi connectivity index (χ0v) is 54.9. The molecule has 1 spiro atoms. The molecule has 5 saturated carbocycles. The van der Waals surface area contributed by atoms with E-state index < -0.39 is 236 Å². The van der Waals surface area contributed by atoms with E-state index in [-0.39, 0.29) is 29.6 Å². The Morgan fingerprint density at radius 3 is 1.77 bits per heavy atom. The lowest BCUT2D eigenvalue weighted by atomic mass is 9.30. The summed E-state index contributed by atoms with van der Waals surface area (Å²) in [5.41, 5.74) is -6.94. The third-order valence-electron chi connectivity index (χ3n) is 25.4. The van der Waals surface area contributed by atoms with Crippen LogP contribution in [0.3, 0.4) is 0 Å². The lowest BCUT2D eigenvalue weighted by molar-refractivity contribution is -0.409. The minimum atomic E-state index is -2.34. The summed E-state index contributed by atoms with van der Waals surface area (Å²) in [5.74, 6) is -2.82. The Morgan fingerprint density at radius 2 is 1.15 bits per heavy atom. The zero-order valence-electron chi connectivity index (χ0n) is 54.9. The third-order valence-corrected chi connectivity index (χ3v) is 25.4. The number of carbonyl (C=O) groups excluding carboxylic acids is 1. The molecule has 0 aromatic heterocycles. The number of carbonyl (C=O) groups is 2. The molecule has 5 aliphatic carbocycles. The number of esters is 1. The summed E-state index contributed by atoms with van der Waals surface area (Å²) in [6.07, 6.45) is -41.1. The maximum Gasteiger partial charge on any atom is 0.335 e. The van der Waals surface area contributed by atoms with Crippen molar-refractivity contribution in [1.82, 2.24) is 0 Å². The Kier molecular flexibility index (Phi) is 20.1. The molecule has 11 rings (SSSR count). The fraction of sp³-hybridized carbons (Fsp3) is 0.938. The summed E-state index contributed by atoms with van der Waals surface area (Å²) in [4.78, 5) is 27.0. The quantitative estimate of drug-likeness (QED) is 0.0417. The van der Waals surface area contributed by atoms with Crippen LogP contribution in [0, 0.1) is 50.2 Å². The van der Waals surface area contributed by atoms with E-state index in [2.05, 4.69) is 34.6 Å². The molecule has 0 radical (unpaired) electrons. The van der Waals surface area contributed by atoms with Crippen LogP contribution in [0.2, 0.25) is 0 Å². The standard InChI is InChI=1S/C64H102O30/c1-11-25(2)50(80)87-34-20-57(4,5)18-31-63-17-13-30-59(8)15-14-33(58(6,7)29(59)12-16-60(30,9)61(63,10)19-32(68)64(31,34)56(81)94-63)88-54-47(93-51-41(75)38(72)36(70)27(21-65)85-51)43(42(76)44(90-54)49(78)79)89-53-46(40(74)37(71)28(22-66)86-53)91-52-45(39(73)35(69)26(3)84-52)92-55-48(77)62(82,23-67)24-83-55/h11,26-48,51-56,65-77,81-82H,12-24H2,1-10H3,(H,78,79)/b25-11-/t26-,27+,28+,29?,30?,31?,32+,33-,34-,35-,36-,37-,38-,39+,40-,41+,42-,43-,44-,45+,46+,47+,48-,51-,52-,53-,54+,55-,56+,59-,60+,61-,62+,63-,64+/m1/s1. The molecule has 94 heavy (non-hydrogen) atoms. The zero-order chi connectivity index (χ0) is 68.9. The first-order valence-corrected chi connectivity index (χ1v) is 33.2. The maximum atomic E-state index is 13.6. The Labute approximate surface area is 544 Å². The van der Waals surface area contributed by atoms with Crippen molar-refractivity contribution in [3.63, 3.8) is 0 Å². The number of aliphatic hydroxyl groups excluding tert-OH is 14. The van der Waals surface area contributed by atoms with Crippen molar-refractivity contribution in [2.45, 2.75) is 298 Å². The van der Waals surface area contributed by atoms with Gasteiger partial charge in [0.2, 0.25) is 0 Å². The van der Waals surface area contributed by atoms with Gasteiger partial charge in [0, 0.05) is 16.9 Å². The van der Waals surface area contributed by atoms with Crippen LogP contribution in [-0.2, 0) is 66.4 Å². The minimum absolute atomic E-state index is 0.00991. The van der Waals surface area contributed by atoms with Gasteiger partial charge in [-0.25, -0.2) is 9.59 Å². The summed E-state index contributed by atoms with van der Waals surface area (Å²) < 4.78 is 74.9. The van der Waals surface area contributed by atoms with Gasteiger partial charge in [-0.2, -0.15) is 0 Å². The van der Waals surface area contributed by atoms with Crippen LogP contribution in [-0.4, -0.2) is 291 Å². The molecule has 0 amide bonds. The van der Waals surface area contributed by atoms with Crippen LogP contribution in [0.25, 0.3) is 0 Å². The van der Waals surface area contributed by atoms with Gasteiger partial charge in [-0.3, -0.25) is 0 Å². The summed E-state index contributed by atoms with van der Waals surface area (Å²) in [6.45, 7) is 16.2. The first kappa shape index (κ1) is 72.9. The molecule has 3 unspecified atom stereocenters. The molecule has 6 aliphatic heterocycles. The van der Waals surface area contributed by atoms with Crippen molar-refractivity contribution in [2.75, 3.05) is 26.4 Å². The van der Waals surface area contributed by atoms with E-state index in [9.17, 15) is 91.3 Å². The molecule has 6 saturated heterocycles. The van der Waals surface area contributed by atoms with Crippen LogP contribution in [0.1, 0.15) is 127 Å². The first-order chi connectivity index (χ1) is 43.9. The molecule has 2 bridgehead atoms. The van der Waals surface area contributed by atoms with Crippen molar-refractivity contribution < 1.29 is 148 Å². The predicted molar refractivity (Wildman–Crippen MR) is 314 cm³/mol. The molecule has 30 nitrogen and oxygen atoms in total. The maximum absolute atomic E-state index is 13.6. The highest BCUT2D eigenvalue weighted by molar-refractivity contribution is 5.87. The fourth-order valence-corrected chi connectivity index (χ4v) is 19.9. The molecule has 16 N–H and O–H groups in total. The van der Waals surface area contributed by atoms with Crippen LogP contribution >= 0.6 is 0 Å². The van der Waals surface area contributed by atoms with Crippen molar-refractivity contribution in [2.24, 2.45) is 50.2 Å². The second kappa shape index (κ2) is 25.9. The summed E-state index contributed by atoms with van der Waals surface area (Å²) in [5, 5.41) is 180. The van der Waals surface area contributed by atoms with E-state index in [0.29, 0.717) is 56.9 Å². The number of hydrogen-bond donors (Lipinski definition) is 16. The molecule has 538 valence electrons. The van der Waals surface area contributed by atoms with Crippen molar-refractivity contribution in [3.05, 3.63) is 11.6 Å². The van der Waals surface area contributed by atoms with E-state index in [4.69, 9.17) is 56.8 Å². The van der Waals surface area contributed by atoms with E-state index in [1.165, 1.54) is 6.92 Å². The highest BCUT2D eigenvalue weighted by atomic mass is 16.8. The van der Waals surface area contributed by atoms with Gasteiger partial charge < -0.3 is 139 Å². The van der Waals surface area contributed by atoms with E-state index in [1.54, 1.807) is 19.9 Å². The van der Waals surface area contributed by atoms with Gasteiger partial charge in [-0.15, -0.1) is 0 Å². The Hall–Kier alpha value is -2.36. The molecular weight excluding hydrogens is 1250 g/mol. The average Bonchev–Trinajstić information content (AvgIpc) is 1.37. The Bertz CT molecular complexity index is 2760. The van der Waals surface area contributed by atoms with Gasteiger partial charge >= 0.3 is 11.9 Å². The number of aliphatic hydroxyl groups is 15. The second-order valence-corrected chi connectivity index (χ2v) is 31.1. The van der Waals surface area contributed by atoms with Crippen LogP contribution in [0.4, 0.5) is 0 Å². The SMILES string of the molecule is C/C=C(/C)C(=O)O[C@@H]1CC(C)(C)CC2[C@]13[C@@H](O)C[C@]1(C)[C@@]4(C)CCC5C(C)(C)[C@H](O[C@H]6O[C@@H](C(=O)O)[C@H](O)[C@@H](O[C@H]7O[C@@H](CO)[C@@H](O)[C@@H](O)[C@@H]7O[C@H]7O[C@H](C)[C@@H](O)[C@H](O)[C@@H]7O[C@H]7OC[C@@](O)(CO)[C@@H]7O)[C@@H]6O[C@H]6O[C@@H](CO)[C@@H](O)[C@@H](O)[C@@H]6O)CC[C@@]5(C)C4CC[C@@]21O[C@@H]3O. The minimum Gasteiger partial charge on any atom is -0.479 e. The smallest absolute Gasteiger partial charge is 0.335 e. The van der Waals surface area contributed by atoms with Crippen LogP contribution in [0.15, 0.2) is 11.6 Å². The lowest BCUT2D eigenvalue weighted by Gasteiger charge is -2.75. The largest absolute Gasteiger partial charge is 0.479 e. The number of rotatable bonds is 16. The third kappa shape index (κ3) is 11.2. The number of carboxylic acid groups (broad SMARTS) is 1. The summed E-state index contributed by atoms with van der Waals surface area (Å²) >= 11 is 0. The van der Waals surface area contributed by atoms with E-state index in [1.807, 2.05) is 13.8 Å². The molecule has 30 heteroatoms. The highest BCUT2D eigenvalue weighted by Crippen LogP contribution is 2.81. The number of fused-ring (bicyclic) bond motifs is 4. The Morgan fingerprint density at radius 1 is 0.574 bits per heavy atom. The first-order valence-electron chi connectivity index (χ1n) is 33.2. The van der Waals surface area contributed by atoms with Gasteiger partial charge in [0.25, 0.3) is 0 Å².